The second-order valence-corrected chi connectivity index (χ2v) is 5.53. The van der Waals surface area contributed by atoms with E-state index in [2.05, 4.69) is 5.32 Å². The molecule has 0 unspecified atom stereocenters. The second-order valence-electron chi connectivity index (χ2n) is 5.53. The first-order chi connectivity index (χ1) is 11.2. The van der Waals surface area contributed by atoms with Crippen molar-refractivity contribution < 1.29 is 26.7 Å². The van der Waals surface area contributed by atoms with Crippen LogP contribution in [0, 0.1) is 29.1 Å². The number of hydrogen-bond donors (Lipinski definition) is 1. The lowest BCUT2D eigenvalue weighted by Gasteiger charge is -2.08. The molecule has 132 valence electrons. The maximum Gasteiger partial charge on any atom is 0.257 e. The van der Waals surface area contributed by atoms with Crippen molar-refractivity contribution in [2.75, 3.05) is 6.54 Å². The minimum atomic E-state index is -2.29. The summed E-state index contributed by atoms with van der Waals surface area (Å²) < 4.78 is 66.0. The van der Waals surface area contributed by atoms with Crippen LogP contribution in [0.3, 0.4) is 0 Å². The predicted molar refractivity (Wildman–Crippen MR) is 81.0 cm³/mol. The van der Waals surface area contributed by atoms with Crippen molar-refractivity contribution >= 4 is 5.91 Å². The van der Waals surface area contributed by atoms with Crippen LogP contribution in [0.5, 0.6) is 0 Å². The molecule has 0 radical (unpaired) electrons. The molecule has 1 aromatic rings. The fraction of sp³-hybridized carbons (Fsp3) is 0.353. The molecule has 0 spiro atoms. The lowest BCUT2D eigenvalue weighted by atomic mass is 10.1. The Hall–Kier alpha value is -2.18. The Bertz CT molecular complexity index is 662. The Kier molecular flexibility index (Phi) is 7.13. The zero-order valence-electron chi connectivity index (χ0n) is 13.6. The summed E-state index contributed by atoms with van der Waals surface area (Å²) in [5.74, 6) is -12.2. The van der Waals surface area contributed by atoms with E-state index in [1.807, 2.05) is 26.8 Å². The van der Waals surface area contributed by atoms with E-state index in [9.17, 15) is 26.7 Å². The quantitative estimate of drug-likeness (QED) is 0.340. The summed E-state index contributed by atoms with van der Waals surface area (Å²) in [6.45, 7) is 5.65. The third-order valence-electron chi connectivity index (χ3n) is 3.24. The zero-order valence-corrected chi connectivity index (χ0v) is 13.6. The molecule has 1 amide bonds. The summed E-state index contributed by atoms with van der Waals surface area (Å²) in [7, 11) is 0. The number of nitrogens with one attached hydrogen (secondary N) is 1. The average Bonchev–Trinajstić information content (AvgIpc) is 2.51. The molecular weight excluding hydrogens is 329 g/mol. The summed E-state index contributed by atoms with van der Waals surface area (Å²) in [6, 6.07) is 0. The molecule has 2 nitrogen and oxygen atoms in total. The van der Waals surface area contributed by atoms with Gasteiger partial charge in [-0.15, -0.1) is 0 Å². The Morgan fingerprint density at radius 1 is 0.875 bits per heavy atom. The summed E-state index contributed by atoms with van der Waals surface area (Å²) in [6.07, 6.45) is 5.17. The van der Waals surface area contributed by atoms with Crippen LogP contribution >= 0.6 is 0 Å². The van der Waals surface area contributed by atoms with Crippen molar-refractivity contribution in [3.8, 4) is 0 Å². The van der Waals surface area contributed by atoms with Gasteiger partial charge in [0.2, 0.25) is 5.82 Å². The maximum atomic E-state index is 13.5. The van der Waals surface area contributed by atoms with Gasteiger partial charge in [0.1, 0.15) is 5.56 Å². The van der Waals surface area contributed by atoms with Gasteiger partial charge in [0.25, 0.3) is 5.91 Å². The van der Waals surface area contributed by atoms with Crippen LogP contribution in [0.4, 0.5) is 22.0 Å². The van der Waals surface area contributed by atoms with Gasteiger partial charge in [-0.05, 0) is 33.6 Å². The van der Waals surface area contributed by atoms with Crippen molar-refractivity contribution in [1.29, 1.82) is 0 Å². The molecular formula is C17H18F5NO. The zero-order chi connectivity index (χ0) is 18.4. The summed E-state index contributed by atoms with van der Waals surface area (Å²) >= 11 is 0. The average molecular weight is 347 g/mol. The molecule has 0 atom stereocenters. The van der Waals surface area contributed by atoms with Crippen LogP contribution in [-0.4, -0.2) is 12.5 Å². The molecule has 0 fully saturated rings. The SMILES string of the molecule is CC(C)=CCCC(C)=CCNC(=O)c1c(F)c(F)c(F)c(F)c1F. The third-order valence-corrected chi connectivity index (χ3v) is 3.24. The van der Waals surface area contributed by atoms with Crippen molar-refractivity contribution in [3.05, 3.63) is 57.9 Å². The smallest absolute Gasteiger partial charge is 0.257 e. The lowest BCUT2D eigenvalue weighted by molar-refractivity contribution is 0.0946. The van der Waals surface area contributed by atoms with Crippen molar-refractivity contribution in [2.24, 2.45) is 0 Å². The largest absolute Gasteiger partial charge is 0.348 e. The summed E-state index contributed by atoms with van der Waals surface area (Å²) in [5, 5.41) is 2.12. The molecule has 0 aliphatic rings. The second kappa shape index (κ2) is 8.61. The number of halogens is 5. The highest BCUT2D eigenvalue weighted by molar-refractivity contribution is 5.94. The van der Waals surface area contributed by atoms with E-state index in [0.717, 1.165) is 18.4 Å². The molecule has 1 N–H and O–H groups in total. The molecule has 24 heavy (non-hydrogen) atoms. The minimum absolute atomic E-state index is 0.0843. The van der Waals surface area contributed by atoms with E-state index in [-0.39, 0.29) is 6.54 Å². The first-order valence-corrected chi connectivity index (χ1v) is 7.25. The number of benzene rings is 1. The van der Waals surface area contributed by atoms with E-state index in [1.165, 1.54) is 5.57 Å². The molecule has 0 aromatic heterocycles. The van der Waals surface area contributed by atoms with Gasteiger partial charge in [-0.2, -0.15) is 0 Å². The Labute approximate surface area is 137 Å². The number of amides is 1. The number of allylic oxidation sites excluding steroid dienone is 3. The lowest BCUT2D eigenvalue weighted by Crippen LogP contribution is -2.27. The van der Waals surface area contributed by atoms with Crippen LogP contribution < -0.4 is 5.32 Å². The van der Waals surface area contributed by atoms with Crippen LogP contribution in [0.25, 0.3) is 0 Å². The first-order valence-electron chi connectivity index (χ1n) is 7.25. The molecule has 0 heterocycles. The van der Waals surface area contributed by atoms with Gasteiger partial charge in [-0.1, -0.05) is 23.3 Å². The van der Waals surface area contributed by atoms with Crippen LogP contribution in [-0.2, 0) is 0 Å². The predicted octanol–water partition coefficient (Wildman–Crippen LogP) is 4.80. The van der Waals surface area contributed by atoms with E-state index >= 15 is 0 Å². The van der Waals surface area contributed by atoms with E-state index in [4.69, 9.17) is 0 Å². The normalized spacial score (nSPS) is 11.4. The maximum absolute atomic E-state index is 13.5. The van der Waals surface area contributed by atoms with Crippen LogP contribution in [0.1, 0.15) is 44.0 Å². The molecule has 0 aliphatic heterocycles. The molecule has 1 rings (SSSR count). The molecule has 7 heteroatoms. The van der Waals surface area contributed by atoms with Crippen molar-refractivity contribution in [1.82, 2.24) is 5.32 Å². The molecule has 0 saturated carbocycles. The van der Waals surface area contributed by atoms with Gasteiger partial charge >= 0.3 is 0 Å². The summed E-state index contributed by atoms with van der Waals surface area (Å²) in [4.78, 5) is 11.7. The van der Waals surface area contributed by atoms with E-state index in [0.29, 0.717) is 0 Å². The van der Waals surface area contributed by atoms with Crippen LogP contribution in [0.15, 0.2) is 23.3 Å². The monoisotopic (exact) mass is 347 g/mol. The standard InChI is InChI=1S/C17H18F5NO/c1-9(2)5-4-6-10(3)7-8-23-17(24)11-12(18)14(20)16(22)15(21)13(11)19/h5,7H,4,6,8H2,1-3H3,(H,23,24). The van der Waals surface area contributed by atoms with E-state index in [1.54, 1.807) is 6.08 Å². The molecule has 0 bridgehead atoms. The Balaban J connectivity index is 2.78. The van der Waals surface area contributed by atoms with Gasteiger partial charge in [0.05, 0.1) is 0 Å². The number of rotatable bonds is 6. The fourth-order valence-corrected chi connectivity index (χ4v) is 1.90. The summed E-state index contributed by atoms with van der Waals surface area (Å²) in [5.41, 5.74) is 0.606. The minimum Gasteiger partial charge on any atom is -0.348 e. The van der Waals surface area contributed by atoms with Gasteiger partial charge < -0.3 is 5.32 Å². The Morgan fingerprint density at radius 2 is 1.38 bits per heavy atom. The van der Waals surface area contributed by atoms with E-state index < -0.39 is 40.6 Å². The van der Waals surface area contributed by atoms with Crippen molar-refractivity contribution in [2.45, 2.75) is 33.6 Å². The van der Waals surface area contributed by atoms with Crippen molar-refractivity contribution in [3.63, 3.8) is 0 Å². The number of carbonyl (C=O) groups is 1. The molecule has 1 aromatic carbocycles. The fourth-order valence-electron chi connectivity index (χ4n) is 1.90. The van der Waals surface area contributed by atoms with Gasteiger partial charge in [0.15, 0.2) is 23.3 Å². The van der Waals surface area contributed by atoms with Gasteiger partial charge in [-0.3, -0.25) is 4.79 Å². The van der Waals surface area contributed by atoms with Gasteiger partial charge in [-0.25, -0.2) is 22.0 Å². The number of carbonyl (C=O) groups excluding carboxylic acids is 1. The van der Waals surface area contributed by atoms with Crippen LogP contribution in [0.2, 0.25) is 0 Å². The topological polar surface area (TPSA) is 29.1 Å². The van der Waals surface area contributed by atoms with Gasteiger partial charge in [0, 0.05) is 6.54 Å². The first kappa shape index (κ1) is 19.9. The third kappa shape index (κ3) is 4.91. The molecule has 0 aliphatic carbocycles. The highest BCUT2D eigenvalue weighted by Gasteiger charge is 2.29. The molecule has 0 saturated heterocycles. The number of hydrogen-bond acceptors (Lipinski definition) is 1. The Morgan fingerprint density at radius 3 is 1.88 bits per heavy atom. The highest BCUT2D eigenvalue weighted by atomic mass is 19.2. The highest BCUT2D eigenvalue weighted by Crippen LogP contribution is 2.22.